The fourth-order valence-corrected chi connectivity index (χ4v) is 5.81. The van der Waals surface area contributed by atoms with Crippen LogP contribution >= 0.6 is 11.3 Å². The van der Waals surface area contributed by atoms with E-state index in [1.54, 1.807) is 15.9 Å². The van der Waals surface area contributed by atoms with Gasteiger partial charge in [-0.1, -0.05) is 18.2 Å². The highest BCUT2D eigenvalue weighted by atomic mass is 32.1. The third kappa shape index (κ3) is 3.66. The molecule has 1 saturated heterocycles. The lowest BCUT2D eigenvalue weighted by Gasteiger charge is -2.28. The molecule has 0 spiro atoms. The Labute approximate surface area is 191 Å². The molecule has 1 aromatic carbocycles. The zero-order chi connectivity index (χ0) is 22.4. The summed E-state index contributed by atoms with van der Waals surface area (Å²) in [6, 6.07) is 8.09. The highest BCUT2D eigenvalue weighted by molar-refractivity contribution is 7.18. The molecule has 2 aliphatic rings. The number of rotatable bonds is 4. The van der Waals surface area contributed by atoms with Gasteiger partial charge in [0.15, 0.2) is 0 Å². The van der Waals surface area contributed by atoms with Gasteiger partial charge >= 0.3 is 0 Å². The summed E-state index contributed by atoms with van der Waals surface area (Å²) in [7, 11) is 0. The Balaban J connectivity index is 1.55. The van der Waals surface area contributed by atoms with E-state index >= 15 is 0 Å². The van der Waals surface area contributed by atoms with Crippen LogP contribution in [-0.2, 0) is 29.0 Å². The predicted molar refractivity (Wildman–Crippen MR) is 127 cm³/mol. The number of ether oxygens (including phenoxy) is 1. The lowest BCUT2D eigenvalue weighted by atomic mass is 10.1. The normalized spacial score (nSPS) is 19.0. The smallest absolute Gasteiger partial charge is 0.263 e. The van der Waals surface area contributed by atoms with Gasteiger partial charge in [-0.2, -0.15) is 0 Å². The number of aromatic nitrogens is 2. The van der Waals surface area contributed by atoms with Crippen molar-refractivity contribution in [3.63, 3.8) is 0 Å². The average molecular weight is 453 g/mol. The summed E-state index contributed by atoms with van der Waals surface area (Å²) in [5.41, 5.74) is 2.96. The van der Waals surface area contributed by atoms with Crippen LogP contribution in [0.1, 0.15) is 28.8 Å². The highest BCUT2D eigenvalue weighted by Gasteiger charge is 2.31. The number of morpholine rings is 1. The molecule has 32 heavy (non-hydrogen) atoms. The van der Waals surface area contributed by atoms with E-state index in [1.807, 2.05) is 36.9 Å². The van der Waals surface area contributed by atoms with Crippen molar-refractivity contribution < 1.29 is 9.53 Å². The minimum atomic E-state index is -0.117. The molecule has 0 aliphatic carbocycles. The lowest BCUT2D eigenvalue weighted by Crippen LogP contribution is -2.42. The molecule has 2 aliphatic heterocycles. The van der Waals surface area contributed by atoms with Gasteiger partial charge in [0, 0.05) is 29.7 Å². The maximum Gasteiger partial charge on any atom is 0.263 e. The molecule has 5 rings (SSSR count). The Morgan fingerprint density at radius 1 is 1.22 bits per heavy atom. The van der Waals surface area contributed by atoms with Crippen LogP contribution in [0.2, 0.25) is 0 Å². The third-order valence-corrected chi connectivity index (χ3v) is 7.71. The Morgan fingerprint density at radius 2 is 1.97 bits per heavy atom. The zero-order valence-corrected chi connectivity index (χ0v) is 19.6. The molecule has 0 unspecified atom stereocenters. The van der Waals surface area contributed by atoms with Gasteiger partial charge in [0.05, 0.1) is 25.1 Å². The van der Waals surface area contributed by atoms with Crippen molar-refractivity contribution >= 4 is 33.1 Å². The van der Waals surface area contributed by atoms with Gasteiger partial charge < -0.3 is 9.64 Å². The summed E-state index contributed by atoms with van der Waals surface area (Å²) in [4.78, 5) is 38.0. The standard InChI is InChI=1S/C24H28N4O3S/c1-15-12-18-6-4-5-7-19(18)28(15)21(29)14-27-20(13-26-8-10-31-11-9-26)25-23-22(24(27)30)16(2)17(3)32-23/h4-7,15H,8-14H2,1-3H3/t15-/m1/s1. The molecule has 0 saturated carbocycles. The molecule has 4 heterocycles. The fourth-order valence-electron chi connectivity index (χ4n) is 4.77. The van der Waals surface area contributed by atoms with E-state index in [0.717, 1.165) is 40.5 Å². The van der Waals surface area contributed by atoms with Gasteiger partial charge in [0.1, 0.15) is 17.2 Å². The first-order chi connectivity index (χ1) is 15.4. The topological polar surface area (TPSA) is 67.7 Å². The quantitative estimate of drug-likeness (QED) is 0.609. The second-order valence-corrected chi connectivity index (χ2v) is 9.92. The Morgan fingerprint density at radius 3 is 2.75 bits per heavy atom. The second kappa shape index (κ2) is 8.42. The van der Waals surface area contributed by atoms with Crippen LogP contribution in [0, 0.1) is 13.8 Å². The van der Waals surface area contributed by atoms with Gasteiger partial charge in [0.2, 0.25) is 5.91 Å². The number of carbonyl (C=O) groups is 1. The molecule has 7 nitrogen and oxygen atoms in total. The summed E-state index contributed by atoms with van der Waals surface area (Å²) in [5.74, 6) is 0.581. The SMILES string of the molecule is Cc1sc2nc(CN3CCOCC3)n(CC(=O)N3c4ccccc4C[C@H]3C)c(=O)c2c1C. The van der Waals surface area contributed by atoms with Gasteiger partial charge in [-0.05, 0) is 44.4 Å². The number of amides is 1. The number of hydrogen-bond acceptors (Lipinski definition) is 6. The van der Waals surface area contributed by atoms with Crippen LogP contribution < -0.4 is 10.5 Å². The van der Waals surface area contributed by atoms with E-state index in [4.69, 9.17) is 9.72 Å². The van der Waals surface area contributed by atoms with Crippen LogP contribution in [0.3, 0.4) is 0 Å². The Hall–Kier alpha value is -2.55. The summed E-state index contributed by atoms with van der Waals surface area (Å²) in [6.07, 6.45) is 0.831. The first-order valence-corrected chi connectivity index (χ1v) is 11.9. The van der Waals surface area contributed by atoms with Crippen LogP contribution in [0.25, 0.3) is 10.2 Å². The maximum atomic E-state index is 13.6. The van der Waals surface area contributed by atoms with Gasteiger partial charge in [-0.25, -0.2) is 4.98 Å². The molecule has 1 amide bonds. The molecule has 0 N–H and O–H groups in total. The first kappa shape index (κ1) is 21.3. The molecular formula is C24H28N4O3S. The molecule has 8 heteroatoms. The third-order valence-electron chi connectivity index (χ3n) is 6.61. The van der Waals surface area contributed by atoms with Gasteiger partial charge in [-0.3, -0.25) is 19.1 Å². The van der Waals surface area contributed by atoms with E-state index in [0.29, 0.717) is 31.0 Å². The number of hydrogen-bond donors (Lipinski definition) is 0. The number of para-hydroxylation sites is 1. The van der Waals surface area contributed by atoms with Crippen LogP contribution in [0.5, 0.6) is 0 Å². The van der Waals surface area contributed by atoms with Crippen molar-refractivity contribution in [3.8, 4) is 0 Å². The number of anilines is 1. The van der Waals surface area contributed by atoms with E-state index in [-0.39, 0.29) is 24.1 Å². The monoisotopic (exact) mass is 452 g/mol. The minimum Gasteiger partial charge on any atom is -0.379 e. The largest absolute Gasteiger partial charge is 0.379 e. The summed E-state index contributed by atoms with van der Waals surface area (Å²) >= 11 is 1.55. The van der Waals surface area contributed by atoms with Crippen molar-refractivity contribution in [2.24, 2.45) is 0 Å². The summed E-state index contributed by atoms with van der Waals surface area (Å²) < 4.78 is 7.07. The maximum absolute atomic E-state index is 13.6. The molecular weight excluding hydrogens is 424 g/mol. The molecule has 0 bridgehead atoms. The second-order valence-electron chi connectivity index (χ2n) is 8.72. The van der Waals surface area contributed by atoms with Gasteiger partial charge in [-0.15, -0.1) is 11.3 Å². The van der Waals surface area contributed by atoms with Crippen molar-refractivity contribution in [1.29, 1.82) is 0 Å². The predicted octanol–water partition coefficient (Wildman–Crippen LogP) is 2.88. The van der Waals surface area contributed by atoms with Gasteiger partial charge in [0.25, 0.3) is 5.56 Å². The molecule has 2 aromatic heterocycles. The minimum absolute atomic E-state index is 0.00550. The molecule has 168 valence electrons. The van der Waals surface area contributed by atoms with Crippen LogP contribution in [0.15, 0.2) is 29.1 Å². The van der Waals surface area contributed by atoms with Crippen molar-refractivity contribution in [2.45, 2.75) is 46.3 Å². The Kier molecular flexibility index (Phi) is 5.61. The number of benzene rings is 1. The number of fused-ring (bicyclic) bond motifs is 2. The van der Waals surface area contributed by atoms with E-state index in [1.165, 1.54) is 5.56 Å². The molecule has 1 fully saturated rings. The van der Waals surface area contributed by atoms with E-state index in [9.17, 15) is 9.59 Å². The number of thiophene rings is 1. The van der Waals surface area contributed by atoms with E-state index in [2.05, 4.69) is 17.9 Å². The van der Waals surface area contributed by atoms with Crippen molar-refractivity contribution in [3.05, 3.63) is 56.4 Å². The van der Waals surface area contributed by atoms with Crippen LogP contribution in [-0.4, -0.2) is 52.7 Å². The fraction of sp³-hybridized carbons (Fsp3) is 0.458. The van der Waals surface area contributed by atoms with Crippen molar-refractivity contribution in [1.82, 2.24) is 14.5 Å². The first-order valence-electron chi connectivity index (χ1n) is 11.1. The average Bonchev–Trinajstić information content (AvgIpc) is 3.26. The molecule has 3 aromatic rings. The summed E-state index contributed by atoms with van der Waals surface area (Å²) in [5, 5.41) is 0.640. The lowest BCUT2D eigenvalue weighted by molar-refractivity contribution is -0.119. The van der Waals surface area contributed by atoms with Crippen molar-refractivity contribution in [2.75, 3.05) is 31.2 Å². The molecule has 0 radical (unpaired) electrons. The summed E-state index contributed by atoms with van der Waals surface area (Å²) in [6.45, 7) is 9.49. The number of carbonyl (C=O) groups excluding carboxylic acids is 1. The highest BCUT2D eigenvalue weighted by Crippen LogP contribution is 2.32. The zero-order valence-electron chi connectivity index (χ0n) is 18.8. The number of aryl methyl sites for hydroxylation is 2. The molecule has 1 atom stereocenters. The van der Waals surface area contributed by atoms with Crippen LogP contribution in [0.4, 0.5) is 5.69 Å². The van der Waals surface area contributed by atoms with E-state index < -0.39 is 0 Å². The number of nitrogens with zero attached hydrogens (tertiary/aromatic N) is 4. The Bertz CT molecular complexity index is 1240.